The molecule has 0 saturated carbocycles. The Morgan fingerprint density at radius 3 is 2.83 bits per heavy atom. The largest absolute Gasteiger partial charge is 0.508 e. The second kappa shape index (κ2) is 7.72. The van der Waals surface area contributed by atoms with Crippen LogP contribution < -0.4 is 0 Å². The van der Waals surface area contributed by atoms with Gasteiger partial charge in [-0.25, -0.2) is 0 Å². The maximum absolute atomic E-state index is 9.79. The first kappa shape index (κ1) is 18.4. The van der Waals surface area contributed by atoms with Crippen molar-refractivity contribution in [2.75, 3.05) is 19.6 Å². The molecule has 1 heterocycles. The Kier molecular flexibility index (Phi) is 6.16. The lowest BCUT2D eigenvalue weighted by Gasteiger charge is -2.45. The van der Waals surface area contributed by atoms with Crippen LogP contribution in [0.2, 0.25) is 0 Å². The van der Waals surface area contributed by atoms with Crippen molar-refractivity contribution in [1.82, 2.24) is 4.90 Å². The average molecular weight is 336 g/mol. The van der Waals surface area contributed by atoms with Gasteiger partial charge in [-0.3, -0.25) is 0 Å². The van der Waals surface area contributed by atoms with Crippen molar-refractivity contribution in [3.05, 3.63) is 42.0 Å². The second-order valence-electron chi connectivity index (χ2n) is 7.47. The van der Waals surface area contributed by atoms with Gasteiger partial charge in [-0.15, -0.1) is 12.4 Å². The van der Waals surface area contributed by atoms with Crippen molar-refractivity contribution >= 4 is 12.4 Å². The number of allylic oxidation sites excluding steroid dienone is 2. The molecule has 1 aromatic carbocycles. The summed E-state index contributed by atoms with van der Waals surface area (Å²) in [6.45, 7) is 8.31. The van der Waals surface area contributed by atoms with Crippen LogP contribution in [0.5, 0.6) is 5.75 Å². The van der Waals surface area contributed by atoms with Crippen LogP contribution in [0, 0.1) is 11.8 Å². The number of halogens is 1. The van der Waals surface area contributed by atoms with Crippen molar-refractivity contribution < 1.29 is 5.11 Å². The molecule has 1 aromatic rings. The maximum Gasteiger partial charge on any atom is 0.115 e. The Labute approximate surface area is 147 Å². The Morgan fingerprint density at radius 1 is 1.35 bits per heavy atom. The van der Waals surface area contributed by atoms with Crippen LogP contribution in [0.4, 0.5) is 0 Å². The van der Waals surface area contributed by atoms with E-state index in [0.29, 0.717) is 11.7 Å². The third kappa shape index (κ3) is 4.10. The minimum Gasteiger partial charge on any atom is -0.508 e. The number of piperidine rings is 1. The lowest BCUT2D eigenvalue weighted by atomic mass is 9.68. The summed E-state index contributed by atoms with van der Waals surface area (Å²) in [5.74, 6) is 1.82. The molecule has 3 heteroatoms. The monoisotopic (exact) mass is 335 g/mol. The zero-order chi connectivity index (χ0) is 15.6. The highest BCUT2D eigenvalue weighted by Crippen LogP contribution is 2.40. The van der Waals surface area contributed by atoms with Crippen molar-refractivity contribution in [3.8, 4) is 5.75 Å². The lowest BCUT2D eigenvalue weighted by molar-refractivity contribution is 0.107. The summed E-state index contributed by atoms with van der Waals surface area (Å²) in [6, 6.07) is 7.87. The van der Waals surface area contributed by atoms with Gasteiger partial charge in [-0.05, 0) is 73.7 Å². The molecule has 2 nitrogen and oxygen atoms in total. The number of phenols is 1. The molecule has 0 spiro atoms. The SMILES string of the molecule is CC1CN(CCC2C=CCC2)CCC1(C)c1cccc(O)c1.Cl. The number of nitrogens with zero attached hydrogens (tertiary/aromatic N) is 1. The predicted octanol–water partition coefficient (Wildman–Crippen LogP) is 4.77. The fourth-order valence-electron chi connectivity index (χ4n) is 4.09. The van der Waals surface area contributed by atoms with E-state index in [0.717, 1.165) is 5.92 Å². The lowest BCUT2D eigenvalue weighted by Crippen LogP contribution is -2.47. The third-order valence-electron chi connectivity index (χ3n) is 6.00. The molecule has 1 saturated heterocycles. The minimum absolute atomic E-state index is 0. The number of aromatic hydroxyl groups is 1. The molecule has 1 N–H and O–H groups in total. The van der Waals surface area contributed by atoms with E-state index < -0.39 is 0 Å². The van der Waals surface area contributed by atoms with Gasteiger partial charge in [0.1, 0.15) is 5.75 Å². The summed E-state index contributed by atoms with van der Waals surface area (Å²) in [4.78, 5) is 2.64. The fraction of sp³-hybridized carbons (Fsp3) is 0.600. The zero-order valence-corrected chi connectivity index (χ0v) is 15.2. The topological polar surface area (TPSA) is 23.5 Å². The Balaban J connectivity index is 0.00000192. The minimum atomic E-state index is 0. The summed E-state index contributed by atoms with van der Waals surface area (Å²) in [7, 11) is 0. The molecular formula is C20H30ClNO. The molecule has 128 valence electrons. The molecule has 2 aliphatic rings. The fourth-order valence-corrected chi connectivity index (χ4v) is 4.09. The van der Waals surface area contributed by atoms with Crippen molar-refractivity contribution in [2.24, 2.45) is 11.8 Å². The average Bonchev–Trinajstić information content (AvgIpc) is 3.02. The molecule has 0 amide bonds. The van der Waals surface area contributed by atoms with E-state index in [9.17, 15) is 5.11 Å². The second-order valence-corrected chi connectivity index (χ2v) is 7.47. The number of likely N-dealkylation sites (tertiary alicyclic amines) is 1. The molecule has 3 unspecified atom stereocenters. The summed E-state index contributed by atoms with van der Waals surface area (Å²) >= 11 is 0. The smallest absolute Gasteiger partial charge is 0.115 e. The Hall–Kier alpha value is -0.990. The van der Waals surface area contributed by atoms with Crippen molar-refractivity contribution in [1.29, 1.82) is 0 Å². The molecule has 3 atom stereocenters. The molecular weight excluding hydrogens is 306 g/mol. The van der Waals surface area contributed by atoms with Gasteiger partial charge in [0.2, 0.25) is 0 Å². The van der Waals surface area contributed by atoms with Gasteiger partial charge < -0.3 is 10.0 Å². The third-order valence-corrected chi connectivity index (χ3v) is 6.00. The van der Waals surface area contributed by atoms with E-state index in [1.54, 1.807) is 6.07 Å². The van der Waals surface area contributed by atoms with Gasteiger partial charge in [-0.1, -0.05) is 38.1 Å². The van der Waals surface area contributed by atoms with Crippen LogP contribution in [0.3, 0.4) is 0 Å². The maximum atomic E-state index is 9.79. The van der Waals surface area contributed by atoms with Crippen LogP contribution in [-0.2, 0) is 5.41 Å². The first-order valence-electron chi connectivity index (χ1n) is 8.76. The molecule has 0 aromatic heterocycles. The zero-order valence-electron chi connectivity index (χ0n) is 14.4. The molecule has 3 rings (SSSR count). The van der Waals surface area contributed by atoms with Crippen LogP contribution in [0.25, 0.3) is 0 Å². The normalized spacial score (nSPS) is 31.0. The molecule has 0 bridgehead atoms. The number of hydrogen-bond donors (Lipinski definition) is 1. The highest BCUT2D eigenvalue weighted by Gasteiger charge is 2.38. The highest BCUT2D eigenvalue weighted by atomic mass is 35.5. The van der Waals surface area contributed by atoms with Gasteiger partial charge in [0.05, 0.1) is 0 Å². The number of hydrogen-bond acceptors (Lipinski definition) is 2. The van der Waals surface area contributed by atoms with Gasteiger partial charge in [0.25, 0.3) is 0 Å². The quantitative estimate of drug-likeness (QED) is 0.801. The van der Waals surface area contributed by atoms with Crippen molar-refractivity contribution in [2.45, 2.75) is 44.9 Å². The summed E-state index contributed by atoms with van der Waals surface area (Å²) in [6.07, 6.45) is 9.86. The van der Waals surface area contributed by atoms with Crippen LogP contribution in [-0.4, -0.2) is 29.6 Å². The van der Waals surface area contributed by atoms with E-state index in [1.807, 2.05) is 12.1 Å². The highest BCUT2D eigenvalue weighted by molar-refractivity contribution is 5.85. The summed E-state index contributed by atoms with van der Waals surface area (Å²) in [5.41, 5.74) is 1.47. The number of rotatable bonds is 4. The van der Waals surface area contributed by atoms with Gasteiger partial charge in [-0.2, -0.15) is 0 Å². The molecule has 0 radical (unpaired) electrons. The van der Waals surface area contributed by atoms with E-state index >= 15 is 0 Å². The number of benzene rings is 1. The summed E-state index contributed by atoms with van der Waals surface area (Å²) < 4.78 is 0. The molecule has 23 heavy (non-hydrogen) atoms. The van der Waals surface area contributed by atoms with E-state index in [2.05, 4.69) is 37.0 Å². The summed E-state index contributed by atoms with van der Waals surface area (Å²) in [5, 5.41) is 9.79. The van der Waals surface area contributed by atoms with Crippen molar-refractivity contribution in [3.63, 3.8) is 0 Å². The standard InChI is InChI=1S/C20H29NO.ClH/c1-16-15-21(12-10-17-6-3-4-7-17)13-11-20(16,2)18-8-5-9-19(22)14-18;/h3,5-6,8-9,14,16-17,22H,4,7,10-13,15H2,1-2H3;1H. The predicted molar refractivity (Wildman–Crippen MR) is 99.4 cm³/mol. The van der Waals surface area contributed by atoms with Gasteiger partial charge >= 0.3 is 0 Å². The molecule has 1 fully saturated rings. The number of phenolic OH excluding ortho intramolecular Hbond substituents is 1. The van der Waals surface area contributed by atoms with Gasteiger partial charge in [0, 0.05) is 6.54 Å². The van der Waals surface area contributed by atoms with Gasteiger partial charge in [0.15, 0.2) is 0 Å². The first-order valence-corrected chi connectivity index (χ1v) is 8.76. The van der Waals surface area contributed by atoms with Crippen LogP contribution in [0.15, 0.2) is 36.4 Å². The Bertz CT molecular complexity index is 544. The first-order chi connectivity index (χ1) is 10.6. The van der Waals surface area contributed by atoms with Crippen LogP contribution in [0.1, 0.15) is 45.1 Å². The van der Waals surface area contributed by atoms with E-state index in [-0.39, 0.29) is 17.8 Å². The van der Waals surface area contributed by atoms with Crippen LogP contribution >= 0.6 is 12.4 Å². The molecule has 1 aliphatic heterocycles. The molecule has 1 aliphatic carbocycles. The van der Waals surface area contributed by atoms with E-state index in [1.165, 1.54) is 50.9 Å². The van der Waals surface area contributed by atoms with E-state index in [4.69, 9.17) is 0 Å². The Morgan fingerprint density at radius 2 is 2.17 bits per heavy atom.